The molecule has 1 aliphatic carbocycles. The average molecular weight is 485 g/mol. The maximum atomic E-state index is 13.7. The van der Waals surface area contributed by atoms with E-state index >= 15 is 0 Å². The standard InChI is InChI=1S/C27H40N4O4/c1-6-9-18-10-15-21-23(22(18)25(33)28-5)27(35)31(17(4)16-32)24(21)26(34)29-19-11-13-20(14-12-19)30(7-2)8-3/h10-15,17-18,21-24,32H,6-9,16H2,1-5H3,(H,28,33)(H,29,34)/t17-,18-,21+,22-,23-,24+/m1/s1. The number of nitrogens with one attached hydrogen (secondary N) is 2. The minimum atomic E-state index is -0.803. The summed E-state index contributed by atoms with van der Waals surface area (Å²) in [5, 5.41) is 15.6. The van der Waals surface area contributed by atoms with E-state index in [0.29, 0.717) is 5.69 Å². The van der Waals surface area contributed by atoms with Crippen LogP contribution in [0.25, 0.3) is 0 Å². The molecule has 2 aliphatic rings. The number of rotatable bonds is 10. The number of anilines is 2. The van der Waals surface area contributed by atoms with Crippen LogP contribution < -0.4 is 15.5 Å². The largest absolute Gasteiger partial charge is 0.394 e. The normalized spacial score (nSPS) is 26.3. The van der Waals surface area contributed by atoms with Crippen molar-refractivity contribution in [1.29, 1.82) is 0 Å². The van der Waals surface area contributed by atoms with Crippen molar-refractivity contribution in [2.24, 2.45) is 23.7 Å². The predicted octanol–water partition coefficient (Wildman–Crippen LogP) is 2.64. The van der Waals surface area contributed by atoms with Crippen molar-refractivity contribution in [2.75, 3.05) is 37.0 Å². The summed E-state index contributed by atoms with van der Waals surface area (Å²) in [4.78, 5) is 43.9. The minimum absolute atomic E-state index is 0.0640. The summed E-state index contributed by atoms with van der Waals surface area (Å²) < 4.78 is 0. The van der Waals surface area contributed by atoms with Crippen LogP contribution in [0.3, 0.4) is 0 Å². The van der Waals surface area contributed by atoms with Gasteiger partial charge in [0.2, 0.25) is 17.7 Å². The molecule has 0 bridgehead atoms. The van der Waals surface area contributed by atoms with Gasteiger partial charge in [-0.05, 0) is 57.4 Å². The zero-order chi connectivity index (χ0) is 25.7. The molecule has 3 N–H and O–H groups in total. The minimum Gasteiger partial charge on any atom is -0.394 e. The lowest BCUT2D eigenvalue weighted by Crippen LogP contribution is -2.49. The van der Waals surface area contributed by atoms with E-state index < -0.39 is 29.8 Å². The van der Waals surface area contributed by atoms with Crippen LogP contribution in [0.15, 0.2) is 36.4 Å². The molecule has 0 spiro atoms. The first-order valence-electron chi connectivity index (χ1n) is 12.8. The van der Waals surface area contributed by atoms with Gasteiger partial charge in [-0.25, -0.2) is 0 Å². The van der Waals surface area contributed by atoms with E-state index in [0.717, 1.165) is 31.6 Å². The monoisotopic (exact) mass is 484 g/mol. The molecule has 3 amide bonds. The van der Waals surface area contributed by atoms with Crippen molar-refractivity contribution in [2.45, 2.75) is 52.6 Å². The van der Waals surface area contributed by atoms with Crippen LogP contribution in [0.4, 0.5) is 11.4 Å². The fourth-order valence-electron chi connectivity index (χ4n) is 5.70. The summed E-state index contributed by atoms with van der Waals surface area (Å²) in [5.41, 5.74) is 1.72. The molecule has 1 heterocycles. The Morgan fingerprint density at radius 3 is 2.29 bits per heavy atom. The van der Waals surface area contributed by atoms with Gasteiger partial charge in [0.25, 0.3) is 0 Å². The average Bonchev–Trinajstić information content (AvgIpc) is 3.17. The van der Waals surface area contributed by atoms with Crippen LogP contribution in [-0.4, -0.2) is 66.6 Å². The Morgan fingerprint density at radius 1 is 1.09 bits per heavy atom. The maximum absolute atomic E-state index is 13.7. The number of aliphatic hydroxyl groups excluding tert-OH is 1. The molecule has 0 radical (unpaired) electrons. The summed E-state index contributed by atoms with van der Waals surface area (Å²) in [6.45, 7) is 9.50. The van der Waals surface area contributed by atoms with Crippen LogP contribution in [0.1, 0.15) is 40.5 Å². The molecule has 8 heteroatoms. The van der Waals surface area contributed by atoms with E-state index in [1.54, 1.807) is 14.0 Å². The summed E-state index contributed by atoms with van der Waals surface area (Å²) in [7, 11) is 1.58. The fraction of sp³-hybridized carbons (Fsp3) is 0.593. The van der Waals surface area contributed by atoms with Gasteiger partial charge in [0.1, 0.15) is 6.04 Å². The molecule has 1 saturated heterocycles. The molecule has 1 aromatic carbocycles. The molecule has 0 unspecified atom stereocenters. The first-order valence-corrected chi connectivity index (χ1v) is 12.8. The molecule has 3 rings (SSSR count). The van der Waals surface area contributed by atoms with Crippen molar-refractivity contribution in [1.82, 2.24) is 10.2 Å². The highest BCUT2D eigenvalue weighted by atomic mass is 16.3. The predicted molar refractivity (Wildman–Crippen MR) is 138 cm³/mol. The topological polar surface area (TPSA) is 102 Å². The van der Waals surface area contributed by atoms with Gasteiger partial charge in [-0.2, -0.15) is 0 Å². The Hall–Kier alpha value is -2.87. The number of likely N-dealkylation sites (tertiary alicyclic amines) is 1. The molecule has 35 heavy (non-hydrogen) atoms. The number of carbonyl (C=O) groups excluding carboxylic acids is 3. The second-order valence-corrected chi connectivity index (χ2v) is 9.51. The van der Waals surface area contributed by atoms with E-state index in [9.17, 15) is 19.5 Å². The van der Waals surface area contributed by atoms with Crippen molar-refractivity contribution < 1.29 is 19.5 Å². The first kappa shape index (κ1) is 26.7. The van der Waals surface area contributed by atoms with Crippen LogP contribution in [-0.2, 0) is 14.4 Å². The Kier molecular flexibility index (Phi) is 8.94. The number of hydrogen-bond donors (Lipinski definition) is 3. The first-order chi connectivity index (χ1) is 16.8. The molecule has 1 fully saturated rings. The van der Waals surface area contributed by atoms with Gasteiger partial charge in [0.15, 0.2) is 0 Å². The van der Waals surface area contributed by atoms with E-state index in [4.69, 9.17) is 0 Å². The van der Waals surface area contributed by atoms with Gasteiger partial charge < -0.3 is 25.5 Å². The Labute approximate surface area is 208 Å². The number of nitrogens with zero attached hydrogens (tertiary/aromatic N) is 2. The molecule has 1 aromatic rings. The molecule has 8 nitrogen and oxygen atoms in total. The number of hydrogen-bond acceptors (Lipinski definition) is 5. The highest BCUT2D eigenvalue weighted by Crippen LogP contribution is 2.46. The molecule has 6 atom stereocenters. The van der Waals surface area contributed by atoms with Gasteiger partial charge in [0.05, 0.1) is 24.5 Å². The van der Waals surface area contributed by atoms with Gasteiger partial charge in [0, 0.05) is 37.4 Å². The maximum Gasteiger partial charge on any atom is 0.247 e. The summed E-state index contributed by atoms with van der Waals surface area (Å²) >= 11 is 0. The van der Waals surface area contributed by atoms with Crippen molar-refractivity contribution in [3.63, 3.8) is 0 Å². The second-order valence-electron chi connectivity index (χ2n) is 9.51. The number of carbonyl (C=O) groups is 3. The van der Waals surface area contributed by atoms with Gasteiger partial charge >= 0.3 is 0 Å². The zero-order valence-electron chi connectivity index (χ0n) is 21.5. The third-order valence-electron chi connectivity index (χ3n) is 7.49. The Morgan fingerprint density at radius 2 is 1.74 bits per heavy atom. The summed E-state index contributed by atoms with van der Waals surface area (Å²) in [5.74, 6) is -2.41. The fourth-order valence-corrected chi connectivity index (χ4v) is 5.70. The second kappa shape index (κ2) is 11.7. The number of allylic oxidation sites excluding steroid dienone is 1. The van der Waals surface area contributed by atoms with Crippen molar-refractivity contribution in [3.8, 4) is 0 Å². The molecular formula is C27H40N4O4. The lowest BCUT2D eigenvalue weighted by Gasteiger charge is -2.34. The Balaban J connectivity index is 1.93. The molecule has 1 aliphatic heterocycles. The molecule has 192 valence electrons. The third kappa shape index (κ3) is 5.22. The molecule has 0 aromatic heterocycles. The Bertz CT molecular complexity index is 928. The highest BCUT2D eigenvalue weighted by molar-refractivity contribution is 6.02. The smallest absolute Gasteiger partial charge is 0.247 e. The number of benzene rings is 1. The van der Waals surface area contributed by atoms with E-state index in [1.165, 1.54) is 4.90 Å². The van der Waals surface area contributed by atoms with E-state index in [1.807, 2.05) is 36.4 Å². The lowest BCUT2D eigenvalue weighted by molar-refractivity contribution is -0.142. The van der Waals surface area contributed by atoms with Crippen LogP contribution in [0.5, 0.6) is 0 Å². The lowest BCUT2D eigenvalue weighted by atomic mass is 9.68. The highest BCUT2D eigenvalue weighted by Gasteiger charge is 2.57. The summed E-state index contributed by atoms with van der Waals surface area (Å²) in [6, 6.07) is 6.32. The SMILES string of the molecule is CCC[C@@H]1C=C[C@H]2[C@@H](C(=O)N([C@H](C)CO)[C@@H]2C(=O)Nc2ccc(N(CC)CC)cc2)[C@@H]1C(=O)NC. The molecule has 0 saturated carbocycles. The van der Waals surface area contributed by atoms with Gasteiger partial charge in [-0.3, -0.25) is 14.4 Å². The van der Waals surface area contributed by atoms with Gasteiger partial charge in [-0.1, -0.05) is 25.5 Å². The number of amides is 3. The van der Waals surface area contributed by atoms with Crippen LogP contribution >= 0.6 is 0 Å². The van der Waals surface area contributed by atoms with Gasteiger partial charge in [-0.15, -0.1) is 0 Å². The third-order valence-corrected chi connectivity index (χ3v) is 7.49. The number of aliphatic hydroxyl groups is 1. The number of fused-ring (bicyclic) bond motifs is 1. The van der Waals surface area contributed by atoms with E-state index in [2.05, 4.69) is 36.3 Å². The zero-order valence-corrected chi connectivity index (χ0v) is 21.5. The van der Waals surface area contributed by atoms with E-state index in [-0.39, 0.29) is 30.2 Å². The van der Waals surface area contributed by atoms with Crippen LogP contribution in [0, 0.1) is 23.7 Å². The van der Waals surface area contributed by atoms with Crippen molar-refractivity contribution >= 4 is 29.1 Å². The summed E-state index contributed by atoms with van der Waals surface area (Å²) in [6.07, 6.45) is 5.62. The molecular weight excluding hydrogens is 444 g/mol. The quantitative estimate of drug-likeness (QED) is 0.443. The van der Waals surface area contributed by atoms with Crippen LogP contribution in [0.2, 0.25) is 0 Å². The van der Waals surface area contributed by atoms with Crippen molar-refractivity contribution in [3.05, 3.63) is 36.4 Å².